The molecule has 5 nitrogen and oxygen atoms in total. The van der Waals surface area contributed by atoms with Gasteiger partial charge in [-0.3, -0.25) is 9.59 Å². The second-order valence-corrected chi connectivity index (χ2v) is 8.12. The first-order valence-corrected chi connectivity index (χ1v) is 9.63. The molecule has 0 aliphatic rings. The van der Waals surface area contributed by atoms with E-state index in [1.54, 1.807) is 0 Å². The lowest BCUT2D eigenvalue weighted by Gasteiger charge is -2.16. The Bertz CT molecular complexity index is 745. The van der Waals surface area contributed by atoms with E-state index in [0.29, 0.717) is 11.7 Å². The monoisotopic (exact) mass is 374 g/mol. The minimum atomic E-state index is -0.439. The number of esters is 1. The van der Waals surface area contributed by atoms with Crippen molar-refractivity contribution in [2.45, 2.75) is 47.0 Å². The van der Waals surface area contributed by atoms with E-state index in [1.807, 2.05) is 38.3 Å². The van der Waals surface area contributed by atoms with E-state index in [-0.39, 0.29) is 11.9 Å². The van der Waals surface area contributed by atoms with Gasteiger partial charge in [-0.2, -0.15) is 0 Å². The second kappa shape index (κ2) is 8.94. The number of nitrogens with zero attached hydrogens (tertiary/aromatic N) is 1. The molecule has 0 spiro atoms. The molecular formula is C20H26N2O3S. The van der Waals surface area contributed by atoms with Gasteiger partial charge in [-0.25, -0.2) is 4.98 Å². The third-order valence-corrected chi connectivity index (χ3v) is 4.50. The van der Waals surface area contributed by atoms with Gasteiger partial charge in [0.2, 0.25) is 5.91 Å². The molecule has 0 unspecified atom stereocenters. The molecule has 1 heterocycles. The van der Waals surface area contributed by atoms with Crippen molar-refractivity contribution < 1.29 is 14.3 Å². The number of thiazole rings is 1. The van der Waals surface area contributed by atoms with Gasteiger partial charge in [-0.15, -0.1) is 11.3 Å². The van der Waals surface area contributed by atoms with E-state index in [2.05, 4.69) is 22.4 Å². The molecule has 1 aromatic heterocycles. The Morgan fingerprint density at radius 3 is 2.46 bits per heavy atom. The van der Waals surface area contributed by atoms with Crippen molar-refractivity contribution >= 4 is 28.3 Å². The number of rotatable bonds is 7. The number of carbonyl (C=O) groups excluding carboxylic acids is 2. The highest BCUT2D eigenvalue weighted by atomic mass is 32.1. The largest absolute Gasteiger partial charge is 0.465 e. The van der Waals surface area contributed by atoms with Crippen molar-refractivity contribution in [3.63, 3.8) is 0 Å². The summed E-state index contributed by atoms with van der Waals surface area (Å²) in [6.07, 6.45) is 2.78. The molecule has 0 bridgehead atoms. The maximum absolute atomic E-state index is 11.7. The lowest BCUT2D eigenvalue weighted by atomic mass is 9.97. The molecule has 2 aromatic rings. The fourth-order valence-electron chi connectivity index (χ4n) is 2.27. The van der Waals surface area contributed by atoms with Gasteiger partial charge in [-0.05, 0) is 45.6 Å². The smallest absolute Gasteiger partial charge is 0.311 e. The van der Waals surface area contributed by atoms with Crippen LogP contribution < -0.4 is 5.32 Å². The van der Waals surface area contributed by atoms with Crippen LogP contribution in [0.2, 0.25) is 0 Å². The van der Waals surface area contributed by atoms with Gasteiger partial charge in [0.05, 0.1) is 17.7 Å². The van der Waals surface area contributed by atoms with Gasteiger partial charge < -0.3 is 10.1 Å². The molecule has 0 aliphatic carbocycles. The number of hydrogen-bond donors (Lipinski definition) is 1. The third-order valence-electron chi connectivity index (χ3n) is 3.74. The van der Waals surface area contributed by atoms with Gasteiger partial charge >= 0.3 is 5.97 Å². The third kappa shape index (κ3) is 6.26. The van der Waals surface area contributed by atoms with Gasteiger partial charge in [0.1, 0.15) is 0 Å². The lowest BCUT2D eigenvalue weighted by molar-refractivity contribution is -0.153. The Morgan fingerprint density at radius 2 is 1.85 bits per heavy atom. The van der Waals surface area contributed by atoms with Crippen LogP contribution in [0.4, 0.5) is 5.13 Å². The van der Waals surface area contributed by atoms with Gasteiger partial charge in [0.25, 0.3) is 0 Å². The number of anilines is 1. The molecule has 140 valence electrons. The van der Waals surface area contributed by atoms with E-state index in [9.17, 15) is 9.59 Å². The topological polar surface area (TPSA) is 68.3 Å². The fourth-order valence-corrected chi connectivity index (χ4v) is 3.03. The second-order valence-electron chi connectivity index (χ2n) is 7.26. The number of unbranched alkanes of at least 4 members (excludes halogenated alkanes) is 1. The number of carbonyl (C=O) groups is 2. The molecule has 0 radical (unpaired) electrons. The first kappa shape index (κ1) is 20.1. The molecule has 0 fully saturated rings. The van der Waals surface area contributed by atoms with Crippen LogP contribution in [0.15, 0.2) is 29.6 Å². The first-order valence-electron chi connectivity index (χ1n) is 8.75. The summed E-state index contributed by atoms with van der Waals surface area (Å²) in [5.41, 5.74) is 2.69. The van der Waals surface area contributed by atoms with Crippen LogP contribution in [-0.2, 0) is 20.7 Å². The number of amides is 1. The van der Waals surface area contributed by atoms with Gasteiger partial charge in [0.15, 0.2) is 5.13 Å². The lowest BCUT2D eigenvalue weighted by Crippen LogP contribution is -2.23. The molecule has 26 heavy (non-hydrogen) atoms. The van der Waals surface area contributed by atoms with E-state index < -0.39 is 5.41 Å². The highest BCUT2D eigenvalue weighted by molar-refractivity contribution is 7.14. The summed E-state index contributed by atoms with van der Waals surface area (Å²) in [5, 5.41) is 5.24. The summed E-state index contributed by atoms with van der Waals surface area (Å²) in [5.74, 6) is -0.266. The van der Waals surface area contributed by atoms with E-state index in [0.717, 1.165) is 30.5 Å². The predicted molar refractivity (Wildman–Crippen MR) is 105 cm³/mol. The molecule has 1 amide bonds. The molecule has 2 rings (SSSR count). The molecule has 1 N–H and O–H groups in total. The maximum atomic E-state index is 11.7. The van der Waals surface area contributed by atoms with Crippen molar-refractivity contribution in [3.8, 4) is 11.3 Å². The van der Waals surface area contributed by atoms with Crippen LogP contribution in [0, 0.1) is 5.41 Å². The predicted octanol–water partition coefficient (Wildman–Crippen LogP) is 4.68. The Kier molecular flexibility index (Phi) is 6.91. The van der Waals surface area contributed by atoms with E-state index >= 15 is 0 Å². The first-order chi connectivity index (χ1) is 12.3. The van der Waals surface area contributed by atoms with E-state index in [1.165, 1.54) is 23.8 Å². The zero-order chi connectivity index (χ0) is 19.2. The van der Waals surface area contributed by atoms with Crippen molar-refractivity contribution in [3.05, 3.63) is 35.2 Å². The average Bonchev–Trinajstić information content (AvgIpc) is 3.01. The number of benzene rings is 1. The average molecular weight is 375 g/mol. The molecular weight excluding hydrogens is 348 g/mol. The Morgan fingerprint density at radius 1 is 1.15 bits per heavy atom. The van der Waals surface area contributed by atoms with Crippen molar-refractivity contribution in [1.82, 2.24) is 4.98 Å². The summed E-state index contributed by atoms with van der Waals surface area (Å²) in [4.78, 5) is 27.2. The molecule has 0 atom stereocenters. The molecule has 0 saturated carbocycles. The standard InChI is InChI=1S/C20H26N2O3S/c1-14(23)21-19-22-17(13-26-19)16-10-8-15(9-11-16)7-5-6-12-25-18(24)20(2,3)4/h8-11,13H,5-7,12H2,1-4H3,(H,21,22,23). The number of nitrogens with one attached hydrogen (secondary N) is 1. The summed E-state index contributed by atoms with van der Waals surface area (Å²) in [6.45, 7) is 7.52. The van der Waals surface area contributed by atoms with Crippen molar-refractivity contribution in [2.24, 2.45) is 5.41 Å². The van der Waals surface area contributed by atoms with Crippen LogP contribution in [0.25, 0.3) is 11.3 Å². The Labute approximate surface area is 158 Å². The molecule has 0 aliphatic heterocycles. The minimum absolute atomic E-state index is 0.116. The van der Waals surface area contributed by atoms with Crippen molar-refractivity contribution in [2.75, 3.05) is 11.9 Å². The molecule has 0 saturated heterocycles. The summed E-state index contributed by atoms with van der Waals surface area (Å²) < 4.78 is 5.28. The number of hydrogen-bond acceptors (Lipinski definition) is 5. The highest BCUT2D eigenvalue weighted by Crippen LogP contribution is 2.25. The zero-order valence-electron chi connectivity index (χ0n) is 15.8. The van der Waals surface area contributed by atoms with Crippen LogP contribution >= 0.6 is 11.3 Å². The summed E-state index contributed by atoms with van der Waals surface area (Å²) in [7, 11) is 0. The SMILES string of the molecule is CC(=O)Nc1nc(-c2ccc(CCCCOC(=O)C(C)(C)C)cc2)cs1. The Hall–Kier alpha value is -2.21. The summed E-state index contributed by atoms with van der Waals surface area (Å²) >= 11 is 1.42. The molecule has 1 aromatic carbocycles. The number of ether oxygens (including phenoxy) is 1. The minimum Gasteiger partial charge on any atom is -0.465 e. The number of aryl methyl sites for hydroxylation is 1. The van der Waals surface area contributed by atoms with Crippen molar-refractivity contribution in [1.29, 1.82) is 0 Å². The van der Waals surface area contributed by atoms with Gasteiger partial charge in [-0.1, -0.05) is 24.3 Å². The zero-order valence-corrected chi connectivity index (χ0v) is 16.6. The molecule has 6 heteroatoms. The van der Waals surface area contributed by atoms with Crippen LogP contribution in [0.1, 0.15) is 46.1 Å². The van der Waals surface area contributed by atoms with Crippen LogP contribution in [0.5, 0.6) is 0 Å². The quantitative estimate of drug-likeness (QED) is 0.564. The fraction of sp³-hybridized carbons (Fsp3) is 0.450. The normalized spacial score (nSPS) is 11.2. The highest BCUT2D eigenvalue weighted by Gasteiger charge is 2.22. The maximum Gasteiger partial charge on any atom is 0.311 e. The van der Waals surface area contributed by atoms with Crippen LogP contribution in [0.3, 0.4) is 0 Å². The summed E-state index contributed by atoms with van der Waals surface area (Å²) in [6, 6.07) is 8.27. The Balaban J connectivity index is 1.78. The van der Waals surface area contributed by atoms with E-state index in [4.69, 9.17) is 4.74 Å². The number of aromatic nitrogens is 1. The van der Waals surface area contributed by atoms with Crippen LogP contribution in [-0.4, -0.2) is 23.5 Å². The van der Waals surface area contributed by atoms with Gasteiger partial charge in [0, 0.05) is 17.9 Å².